The van der Waals surface area contributed by atoms with Crippen molar-refractivity contribution in [3.63, 3.8) is 0 Å². The zero-order chi connectivity index (χ0) is 12.8. The van der Waals surface area contributed by atoms with Crippen LogP contribution in [0.5, 0.6) is 0 Å². The van der Waals surface area contributed by atoms with Crippen molar-refractivity contribution in [2.24, 2.45) is 0 Å². The largest absolute Gasteiger partial charge is 0.479 e. The van der Waals surface area contributed by atoms with Gasteiger partial charge < -0.3 is 10.0 Å². The summed E-state index contributed by atoms with van der Waals surface area (Å²) in [6, 6.07) is -0.517. The van der Waals surface area contributed by atoms with E-state index in [1.165, 1.54) is 16.2 Å². The van der Waals surface area contributed by atoms with Crippen molar-refractivity contribution in [3.05, 3.63) is 16.1 Å². The van der Waals surface area contributed by atoms with E-state index in [0.717, 1.165) is 10.7 Å². The minimum atomic E-state index is -1.15. The highest BCUT2D eigenvalue weighted by atomic mass is 32.1. The molecule has 2 amide bonds. The highest BCUT2D eigenvalue weighted by Gasteiger charge is 2.11. The minimum absolute atomic E-state index is 0.340. The van der Waals surface area contributed by atoms with Gasteiger partial charge in [0, 0.05) is 12.4 Å². The molecule has 0 radical (unpaired) electrons. The zero-order valence-electron chi connectivity index (χ0n) is 9.47. The molecule has 17 heavy (non-hydrogen) atoms. The molecule has 1 aromatic heterocycles. The molecule has 0 aromatic carbocycles. The first-order valence-electron chi connectivity index (χ1n) is 4.74. The third kappa shape index (κ3) is 4.79. The number of aliphatic carboxylic acids is 1. The molecule has 7 nitrogen and oxygen atoms in total. The third-order valence-corrected chi connectivity index (χ3v) is 2.59. The maximum Gasteiger partial charge on any atom is 0.341 e. The molecule has 0 unspecified atom stereocenters. The number of nitrogens with one attached hydrogen (secondary N) is 1. The van der Waals surface area contributed by atoms with E-state index in [9.17, 15) is 9.59 Å². The van der Waals surface area contributed by atoms with Crippen molar-refractivity contribution in [1.82, 2.24) is 15.4 Å². The van der Waals surface area contributed by atoms with Gasteiger partial charge in [0.05, 0.1) is 17.2 Å². The van der Waals surface area contributed by atoms with E-state index in [-0.39, 0.29) is 0 Å². The summed E-state index contributed by atoms with van der Waals surface area (Å²) in [5.41, 5.74) is 2.80. The summed E-state index contributed by atoms with van der Waals surface area (Å²) in [5, 5.41) is 11.1. The highest BCUT2D eigenvalue weighted by molar-refractivity contribution is 7.09. The number of carboxylic acids is 1. The fourth-order valence-electron chi connectivity index (χ4n) is 1.03. The summed E-state index contributed by atoms with van der Waals surface area (Å²) >= 11 is 1.50. The molecule has 8 heteroatoms. The first-order valence-corrected chi connectivity index (χ1v) is 5.62. The van der Waals surface area contributed by atoms with Gasteiger partial charge in [-0.3, -0.25) is 4.84 Å². The Morgan fingerprint density at radius 2 is 2.35 bits per heavy atom. The monoisotopic (exact) mass is 259 g/mol. The smallest absolute Gasteiger partial charge is 0.341 e. The van der Waals surface area contributed by atoms with Gasteiger partial charge in [0.2, 0.25) is 0 Å². The second-order valence-corrected chi connectivity index (χ2v) is 4.37. The van der Waals surface area contributed by atoms with Crippen molar-refractivity contribution >= 4 is 23.3 Å². The quantitative estimate of drug-likeness (QED) is 0.756. The van der Waals surface area contributed by atoms with E-state index < -0.39 is 18.6 Å². The molecule has 1 rings (SSSR count). The number of carbonyl (C=O) groups excluding carboxylic acids is 1. The molecule has 0 atom stereocenters. The van der Waals surface area contributed by atoms with Crippen LogP contribution in [0.3, 0.4) is 0 Å². The molecule has 1 heterocycles. The first kappa shape index (κ1) is 13.4. The molecule has 0 fully saturated rings. The molecule has 94 valence electrons. The number of hydrogen-bond acceptors (Lipinski definition) is 5. The maximum absolute atomic E-state index is 11.4. The molecule has 0 aliphatic heterocycles. The lowest BCUT2D eigenvalue weighted by atomic mass is 10.4. The Bertz CT molecular complexity index is 407. The van der Waals surface area contributed by atoms with Crippen LogP contribution < -0.4 is 5.48 Å². The van der Waals surface area contributed by atoms with Gasteiger partial charge in [0.1, 0.15) is 0 Å². The summed E-state index contributed by atoms with van der Waals surface area (Å²) < 4.78 is 0. The Kier molecular flexibility index (Phi) is 4.85. The number of hydrogen-bond donors (Lipinski definition) is 2. The Hall–Kier alpha value is -1.67. The van der Waals surface area contributed by atoms with Crippen LogP contribution in [0.4, 0.5) is 4.79 Å². The lowest BCUT2D eigenvalue weighted by Crippen LogP contribution is -2.37. The topological polar surface area (TPSA) is 91.8 Å². The van der Waals surface area contributed by atoms with Crippen LogP contribution in [0.1, 0.15) is 10.7 Å². The second-order valence-electron chi connectivity index (χ2n) is 3.30. The summed E-state index contributed by atoms with van der Waals surface area (Å²) in [6.07, 6.45) is 0. The maximum atomic E-state index is 11.4. The molecule has 0 saturated heterocycles. The van der Waals surface area contributed by atoms with Crippen molar-refractivity contribution in [2.45, 2.75) is 13.5 Å². The van der Waals surface area contributed by atoms with Gasteiger partial charge in [0.15, 0.2) is 6.61 Å². The molecule has 0 aliphatic carbocycles. The van der Waals surface area contributed by atoms with Gasteiger partial charge in [-0.05, 0) is 6.92 Å². The number of aryl methyl sites for hydroxylation is 1. The van der Waals surface area contributed by atoms with Crippen LogP contribution in [0, 0.1) is 6.92 Å². The molecule has 0 spiro atoms. The van der Waals surface area contributed by atoms with Crippen LogP contribution in [-0.2, 0) is 16.2 Å². The first-order chi connectivity index (χ1) is 7.99. The van der Waals surface area contributed by atoms with Gasteiger partial charge in [-0.1, -0.05) is 0 Å². The van der Waals surface area contributed by atoms with Crippen molar-refractivity contribution in [3.8, 4) is 0 Å². The molecule has 0 aliphatic rings. The van der Waals surface area contributed by atoms with Crippen LogP contribution >= 0.6 is 11.3 Å². The van der Waals surface area contributed by atoms with Gasteiger partial charge in [-0.2, -0.15) is 0 Å². The van der Waals surface area contributed by atoms with E-state index >= 15 is 0 Å². The van der Waals surface area contributed by atoms with Crippen LogP contribution in [0.2, 0.25) is 0 Å². The lowest BCUT2D eigenvalue weighted by Gasteiger charge is -2.15. The highest BCUT2D eigenvalue weighted by Crippen LogP contribution is 2.09. The van der Waals surface area contributed by atoms with E-state index in [0.29, 0.717) is 6.54 Å². The lowest BCUT2D eigenvalue weighted by molar-refractivity contribution is -0.144. The summed E-state index contributed by atoms with van der Waals surface area (Å²) in [7, 11) is 1.56. The average molecular weight is 259 g/mol. The fraction of sp³-hybridized carbons (Fsp3) is 0.444. The van der Waals surface area contributed by atoms with E-state index in [1.807, 2.05) is 17.8 Å². The number of thiazole rings is 1. The second kappa shape index (κ2) is 6.16. The summed E-state index contributed by atoms with van der Waals surface area (Å²) in [6.45, 7) is 1.65. The number of nitrogens with zero attached hydrogens (tertiary/aromatic N) is 2. The number of aromatic nitrogens is 1. The normalized spacial score (nSPS) is 10.0. The average Bonchev–Trinajstić information content (AvgIpc) is 2.63. The summed E-state index contributed by atoms with van der Waals surface area (Å²) in [4.78, 5) is 31.6. The standard InChI is InChI=1S/C9H13N3O4S/c1-6-10-7(5-17-6)3-12(2)9(15)11-16-4-8(13)14/h5H,3-4H2,1-2H3,(H,11,15)(H,13,14). The van der Waals surface area contributed by atoms with Crippen molar-refractivity contribution < 1.29 is 19.5 Å². The molecular formula is C9H13N3O4S. The summed E-state index contributed by atoms with van der Waals surface area (Å²) in [5.74, 6) is -1.15. The van der Waals surface area contributed by atoms with E-state index in [2.05, 4.69) is 9.82 Å². The Labute approximate surface area is 102 Å². The molecule has 0 saturated carbocycles. The number of carboxylic acid groups (broad SMARTS) is 1. The predicted molar refractivity (Wildman–Crippen MR) is 60.4 cm³/mol. The van der Waals surface area contributed by atoms with E-state index in [4.69, 9.17) is 5.11 Å². The van der Waals surface area contributed by atoms with Crippen molar-refractivity contribution in [1.29, 1.82) is 0 Å². The van der Waals surface area contributed by atoms with Crippen LogP contribution in [0.25, 0.3) is 0 Å². The van der Waals surface area contributed by atoms with Crippen molar-refractivity contribution in [2.75, 3.05) is 13.7 Å². The molecule has 0 bridgehead atoms. The zero-order valence-corrected chi connectivity index (χ0v) is 10.3. The van der Waals surface area contributed by atoms with Gasteiger partial charge in [0.25, 0.3) is 0 Å². The van der Waals surface area contributed by atoms with Gasteiger partial charge in [-0.15, -0.1) is 11.3 Å². The Morgan fingerprint density at radius 3 is 2.88 bits per heavy atom. The van der Waals surface area contributed by atoms with Crippen LogP contribution in [0.15, 0.2) is 5.38 Å². The van der Waals surface area contributed by atoms with Gasteiger partial charge in [-0.25, -0.2) is 20.1 Å². The minimum Gasteiger partial charge on any atom is -0.479 e. The number of amides is 2. The molecule has 1 aromatic rings. The molecular weight excluding hydrogens is 246 g/mol. The van der Waals surface area contributed by atoms with Crippen LogP contribution in [-0.4, -0.2) is 40.6 Å². The van der Waals surface area contributed by atoms with E-state index in [1.54, 1.807) is 7.05 Å². The number of carbonyl (C=O) groups is 2. The third-order valence-electron chi connectivity index (χ3n) is 1.77. The fourth-order valence-corrected chi connectivity index (χ4v) is 1.64. The molecule has 2 N–H and O–H groups in total. The number of urea groups is 1. The van der Waals surface area contributed by atoms with Gasteiger partial charge >= 0.3 is 12.0 Å². The number of rotatable bonds is 5. The number of hydroxylamine groups is 1. The SMILES string of the molecule is Cc1nc(CN(C)C(=O)NOCC(=O)O)cs1. The Morgan fingerprint density at radius 1 is 1.65 bits per heavy atom. The Balaban J connectivity index is 2.34. The predicted octanol–water partition coefficient (Wildman–Crippen LogP) is 0.609.